The minimum absolute atomic E-state index is 0.652. The summed E-state index contributed by atoms with van der Waals surface area (Å²) < 4.78 is 2.31. The third kappa shape index (κ3) is 2.18. The molecule has 2 fully saturated rings. The van der Waals surface area contributed by atoms with Gasteiger partial charge in [0.1, 0.15) is 0 Å². The van der Waals surface area contributed by atoms with Crippen molar-refractivity contribution in [2.75, 3.05) is 13.1 Å². The second kappa shape index (κ2) is 4.83. The molecule has 2 aromatic heterocycles. The highest BCUT2D eigenvalue weighted by Gasteiger charge is 2.34. The normalized spacial score (nSPS) is 24.0. The number of fused-ring (bicyclic) bond motifs is 1. The van der Waals surface area contributed by atoms with Gasteiger partial charge in [0.25, 0.3) is 0 Å². The van der Waals surface area contributed by atoms with Crippen molar-refractivity contribution in [2.24, 2.45) is 0 Å². The molecule has 1 aliphatic heterocycles. The highest BCUT2D eigenvalue weighted by Crippen LogP contribution is 2.30. The van der Waals surface area contributed by atoms with Crippen molar-refractivity contribution < 1.29 is 0 Å². The number of hydrogen-bond donors (Lipinski definition) is 1. The molecule has 1 atom stereocenters. The van der Waals surface area contributed by atoms with Gasteiger partial charge in [0.05, 0.1) is 11.4 Å². The number of nitrogens with zero attached hydrogens (tertiary/aromatic N) is 3. The highest BCUT2D eigenvalue weighted by molar-refractivity contribution is 7.15. The minimum Gasteiger partial charge on any atom is -0.307 e. The van der Waals surface area contributed by atoms with Crippen LogP contribution < -0.4 is 5.32 Å². The summed E-state index contributed by atoms with van der Waals surface area (Å²) in [6.45, 7) is 7.74. The van der Waals surface area contributed by atoms with E-state index in [-0.39, 0.29) is 0 Å². The van der Waals surface area contributed by atoms with E-state index in [0.717, 1.165) is 17.5 Å². The second-order valence-corrected chi connectivity index (χ2v) is 7.07. The van der Waals surface area contributed by atoms with Gasteiger partial charge in [-0.3, -0.25) is 9.30 Å². The van der Waals surface area contributed by atoms with Gasteiger partial charge >= 0.3 is 0 Å². The Morgan fingerprint density at radius 2 is 2.20 bits per heavy atom. The van der Waals surface area contributed by atoms with E-state index < -0.39 is 0 Å². The molecule has 0 bridgehead atoms. The fraction of sp³-hybridized carbons (Fsp3) is 0.667. The van der Waals surface area contributed by atoms with Crippen molar-refractivity contribution in [1.82, 2.24) is 19.6 Å². The fourth-order valence-electron chi connectivity index (χ4n) is 3.34. The van der Waals surface area contributed by atoms with Crippen LogP contribution in [-0.2, 0) is 6.54 Å². The van der Waals surface area contributed by atoms with Crippen LogP contribution in [0.25, 0.3) is 4.96 Å². The molecule has 0 radical (unpaired) electrons. The van der Waals surface area contributed by atoms with Crippen molar-refractivity contribution in [3.05, 3.63) is 22.5 Å². The Morgan fingerprint density at radius 3 is 3.00 bits per heavy atom. The van der Waals surface area contributed by atoms with Crippen molar-refractivity contribution in [3.63, 3.8) is 0 Å². The molecule has 0 spiro atoms. The Morgan fingerprint density at radius 1 is 1.35 bits per heavy atom. The summed E-state index contributed by atoms with van der Waals surface area (Å²) in [6.07, 6.45) is 4.13. The summed E-state index contributed by atoms with van der Waals surface area (Å²) in [5.74, 6) is 0. The fourth-order valence-corrected chi connectivity index (χ4v) is 4.27. The molecule has 2 aliphatic rings. The summed E-state index contributed by atoms with van der Waals surface area (Å²) >= 11 is 1.74. The zero-order valence-electron chi connectivity index (χ0n) is 12.2. The monoisotopic (exact) mass is 290 g/mol. The summed E-state index contributed by atoms with van der Waals surface area (Å²) in [5, 5.41) is 5.94. The molecule has 0 amide bonds. The summed E-state index contributed by atoms with van der Waals surface area (Å²) in [7, 11) is 0. The van der Waals surface area contributed by atoms with Crippen molar-refractivity contribution >= 4 is 16.3 Å². The Hall–Kier alpha value is -0.910. The minimum atomic E-state index is 0.652. The summed E-state index contributed by atoms with van der Waals surface area (Å²) in [4.78, 5) is 8.45. The Kier molecular flexibility index (Phi) is 3.09. The lowest BCUT2D eigenvalue weighted by Gasteiger charge is -2.16. The zero-order chi connectivity index (χ0) is 13.7. The van der Waals surface area contributed by atoms with E-state index in [1.807, 2.05) is 0 Å². The highest BCUT2D eigenvalue weighted by atomic mass is 32.1. The van der Waals surface area contributed by atoms with E-state index in [0.29, 0.717) is 6.04 Å². The molecule has 4 nitrogen and oxygen atoms in total. The molecule has 108 valence electrons. The first kappa shape index (κ1) is 12.8. The first-order chi connectivity index (χ1) is 9.72. The zero-order valence-corrected chi connectivity index (χ0v) is 13.0. The average Bonchev–Trinajstić information content (AvgIpc) is 2.95. The topological polar surface area (TPSA) is 32.6 Å². The van der Waals surface area contributed by atoms with E-state index in [4.69, 9.17) is 0 Å². The maximum atomic E-state index is 4.66. The predicted molar refractivity (Wildman–Crippen MR) is 82.4 cm³/mol. The van der Waals surface area contributed by atoms with E-state index in [2.05, 4.69) is 38.8 Å². The van der Waals surface area contributed by atoms with Gasteiger partial charge in [-0.05, 0) is 33.1 Å². The van der Waals surface area contributed by atoms with Crippen molar-refractivity contribution in [1.29, 1.82) is 0 Å². The van der Waals surface area contributed by atoms with Gasteiger partial charge in [-0.1, -0.05) is 0 Å². The standard InChI is InChI=1S/C15H22N4S/c1-10-9-20-15-17-11(2)14(19(10)15)7-16-12-5-6-18(8-12)13-3-4-13/h9,12-13,16H,3-8H2,1-2H3. The van der Waals surface area contributed by atoms with Gasteiger partial charge in [-0.15, -0.1) is 11.3 Å². The van der Waals surface area contributed by atoms with Gasteiger partial charge < -0.3 is 5.32 Å². The third-order valence-corrected chi connectivity index (χ3v) is 5.61. The van der Waals surface area contributed by atoms with Crippen LogP contribution >= 0.6 is 11.3 Å². The van der Waals surface area contributed by atoms with Crippen molar-refractivity contribution in [3.8, 4) is 0 Å². The molecule has 5 heteroatoms. The number of hydrogen-bond acceptors (Lipinski definition) is 4. The number of thiazole rings is 1. The number of rotatable bonds is 4. The average molecular weight is 290 g/mol. The van der Waals surface area contributed by atoms with Crippen LogP contribution in [0, 0.1) is 13.8 Å². The maximum Gasteiger partial charge on any atom is 0.194 e. The van der Waals surface area contributed by atoms with Crippen LogP contribution in [0.15, 0.2) is 5.38 Å². The smallest absolute Gasteiger partial charge is 0.194 e. The number of nitrogens with one attached hydrogen (secondary N) is 1. The molecule has 1 saturated carbocycles. The van der Waals surface area contributed by atoms with Gasteiger partial charge in [0.2, 0.25) is 0 Å². The molecule has 1 N–H and O–H groups in total. The van der Waals surface area contributed by atoms with Crippen molar-refractivity contribution in [2.45, 2.75) is 51.7 Å². The molecule has 2 aromatic rings. The van der Waals surface area contributed by atoms with E-state index in [1.165, 1.54) is 49.4 Å². The van der Waals surface area contributed by atoms with Crippen LogP contribution in [0.5, 0.6) is 0 Å². The molecular weight excluding hydrogens is 268 g/mol. The van der Waals surface area contributed by atoms with Crippen LogP contribution in [0.2, 0.25) is 0 Å². The van der Waals surface area contributed by atoms with Gasteiger partial charge in [-0.2, -0.15) is 0 Å². The van der Waals surface area contributed by atoms with Crippen LogP contribution in [-0.4, -0.2) is 39.5 Å². The third-order valence-electron chi connectivity index (χ3n) is 4.67. The lowest BCUT2D eigenvalue weighted by atomic mass is 10.2. The molecule has 4 rings (SSSR count). The molecule has 1 saturated heterocycles. The largest absolute Gasteiger partial charge is 0.307 e. The quantitative estimate of drug-likeness (QED) is 0.938. The molecule has 1 aliphatic carbocycles. The molecular formula is C15H22N4S. The van der Waals surface area contributed by atoms with Crippen LogP contribution in [0.1, 0.15) is 36.3 Å². The molecule has 0 aromatic carbocycles. The van der Waals surface area contributed by atoms with Crippen LogP contribution in [0.4, 0.5) is 0 Å². The number of aromatic nitrogens is 2. The predicted octanol–water partition coefficient (Wildman–Crippen LogP) is 2.34. The lowest BCUT2D eigenvalue weighted by Crippen LogP contribution is -2.33. The SMILES string of the molecule is Cc1nc2scc(C)n2c1CNC1CCN(C2CC2)C1. The molecule has 20 heavy (non-hydrogen) atoms. The first-order valence-corrected chi connectivity index (χ1v) is 8.50. The molecule has 1 unspecified atom stereocenters. The van der Waals surface area contributed by atoms with Gasteiger partial charge in [-0.25, -0.2) is 4.98 Å². The van der Waals surface area contributed by atoms with E-state index in [1.54, 1.807) is 11.3 Å². The first-order valence-electron chi connectivity index (χ1n) is 7.62. The summed E-state index contributed by atoms with van der Waals surface area (Å²) in [5.41, 5.74) is 3.81. The van der Waals surface area contributed by atoms with Crippen LogP contribution in [0.3, 0.4) is 0 Å². The van der Waals surface area contributed by atoms with Gasteiger partial charge in [0.15, 0.2) is 4.96 Å². The maximum absolute atomic E-state index is 4.66. The Balaban J connectivity index is 1.45. The lowest BCUT2D eigenvalue weighted by molar-refractivity contribution is 0.317. The molecule has 3 heterocycles. The Labute approximate surface area is 123 Å². The Bertz CT molecular complexity index is 625. The van der Waals surface area contributed by atoms with Gasteiger partial charge in [0, 0.05) is 42.8 Å². The second-order valence-electron chi connectivity index (χ2n) is 6.23. The number of aryl methyl sites for hydroxylation is 2. The van der Waals surface area contributed by atoms with E-state index >= 15 is 0 Å². The number of imidazole rings is 1. The summed E-state index contributed by atoms with van der Waals surface area (Å²) in [6, 6.07) is 1.56. The van der Waals surface area contributed by atoms with E-state index in [9.17, 15) is 0 Å². The number of likely N-dealkylation sites (tertiary alicyclic amines) is 1.